The van der Waals surface area contributed by atoms with E-state index in [4.69, 9.17) is 0 Å². The van der Waals surface area contributed by atoms with Crippen molar-refractivity contribution in [2.45, 2.75) is 13.8 Å². The van der Waals surface area contributed by atoms with E-state index in [1.807, 2.05) is 12.1 Å². The molecule has 0 heterocycles. The van der Waals surface area contributed by atoms with Crippen LogP contribution in [-0.4, -0.2) is 12.2 Å². The summed E-state index contributed by atoms with van der Waals surface area (Å²) in [4.78, 5) is 2.19. The molecule has 0 saturated carbocycles. The normalized spacial score (nSPS) is 9.83. The third-order valence-corrected chi connectivity index (χ3v) is 3.66. The highest BCUT2D eigenvalue weighted by atomic mass is 16.3. The number of anilines is 3. The van der Waals surface area contributed by atoms with Crippen LogP contribution < -0.4 is 10.6 Å². The van der Waals surface area contributed by atoms with Crippen LogP contribution in [0.15, 0.2) is 72.8 Å². The molecule has 0 aliphatic rings. The van der Waals surface area contributed by atoms with Crippen LogP contribution in [-0.2, 0) is 0 Å². The summed E-state index contributed by atoms with van der Waals surface area (Å²) < 4.78 is 0. The SMILES string of the molecule is CN.Cc1ccc(N(c2ccc(O)cc2)c2cccc(C)c2)cc1. The van der Waals surface area contributed by atoms with E-state index in [2.05, 4.69) is 73.0 Å². The van der Waals surface area contributed by atoms with Gasteiger partial charge in [-0.15, -0.1) is 0 Å². The Morgan fingerprint density at radius 3 is 1.75 bits per heavy atom. The number of nitrogens with two attached hydrogens (primary N) is 1. The van der Waals surface area contributed by atoms with E-state index in [9.17, 15) is 5.11 Å². The van der Waals surface area contributed by atoms with Crippen molar-refractivity contribution in [1.29, 1.82) is 0 Å². The van der Waals surface area contributed by atoms with Crippen LogP contribution in [0.4, 0.5) is 17.1 Å². The van der Waals surface area contributed by atoms with Gasteiger partial charge in [0.05, 0.1) is 0 Å². The number of hydrogen-bond donors (Lipinski definition) is 2. The van der Waals surface area contributed by atoms with Gasteiger partial charge in [0, 0.05) is 17.1 Å². The molecule has 0 aliphatic carbocycles. The van der Waals surface area contributed by atoms with Gasteiger partial charge in [0.15, 0.2) is 0 Å². The molecule has 0 atom stereocenters. The second kappa shape index (κ2) is 8.18. The molecule has 0 fully saturated rings. The fourth-order valence-corrected chi connectivity index (χ4v) is 2.51. The summed E-state index contributed by atoms with van der Waals surface area (Å²) in [6, 6.07) is 24.1. The molecule has 0 unspecified atom stereocenters. The highest BCUT2D eigenvalue weighted by Gasteiger charge is 2.12. The Labute approximate surface area is 144 Å². The molecular formula is C21H24N2O. The van der Waals surface area contributed by atoms with Gasteiger partial charge in [0.2, 0.25) is 0 Å². The third-order valence-electron chi connectivity index (χ3n) is 3.66. The first kappa shape index (κ1) is 17.6. The summed E-state index contributed by atoms with van der Waals surface area (Å²) in [6.45, 7) is 4.18. The Hall–Kier alpha value is -2.78. The highest BCUT2D eigenvalue weighted by Crippen LogP contribution is 2.35. The minimum absolute atomic E-state index is 0.275. The molecule has 3 nitrogen and oxygen atoms in total. The summed E-state index contributed by atoms with van der Waals surface area (Å²) in [5, 5.41) is 9.54. The van der Waals surface area contributed by atoms with Crippen LogP contribution in [0.25, 0.3) is 0 Å². The number of phenolic OH excluding ortho intramolecular Hbond substituents is 1. The van der Waals surface area contributed by atoms with Gasteiger partial charge >= 0.3 is 0 Å². The maximum atomic E-state index is 9.54. The molecule has 3 aromatic rings. The summed E-state index contributed by atoms with van der Waals surface area (Å²) in [6.07, 6.45) is 0. The second-order valence-electron chi connectivity index (χ2n) is 5.53. The zero-order valence-corrected chi connectivity index (χ0v) is 14.4. The monoisotopic (exact) mass is 320 g/mol. The van der Waals surface area contributed by atoms with Crippen molar-refractivity contribution in [2.24, 2.45) is 5.73 Å². The van der Waals surface area contributed by atoms with Gasteiger partial charge in [-0.2, -0.15) is 0 Å². The first-order valence-corrected chi connectivity index (χ1v) is 7.94. The standard InChI is InChI=1S/C20H19NO.CH5N/c1-15-6-8-17(9-7-15)21(18-10-12-20(22)13-11-18)19-5-3-4-16(2)14-19;1-2/h3-14,22H,1-2H3;2H2,1H3. The van der Waals surface area contributed by atoms with Crippen molar-refractivity contribution in [3.05, 3.63) is 83.9 Å². The van der Waals surface area contributed by atoms with Crippen molar-refractivity contribution in [3.63, 3.8) is 0 Å². The Kier molecular flexibility index (Phi) is 5.99. The molecule has 0 spiro atoms. The number of phenols is 1. The maximum absolute atomic E-state index is 9.54. The van der Waals surface area contributed by atoms with Gasteiger partial charge in [-0.25, -0.2) is 0 Å². The largest absolute Gasteiger partial charge is 0.508 e. The lowest BCUT2D eigenvalue weighted by atomic mass is 10.1. The van der Waals surface area contributed by atoms with Gasteiger partial charge in [-0.1, -0.05) is 29.8 Å². The molecule has 3 aromatic carbocycles. The highest BCUT2D eigenvalue weighted by molar-refractivity contribution is 5.77. The average molecular weight is 320 g/mol. The fourth-order valence-electron chi connectivity index (χ4n) is 2.51. The molecule has 0 bridgehead atoms. The Morgan fingerprint density at radius 2 is 1.21 bits per heavy atom. The van der Waals surface area contributed by atoms with E-state index in [-0.39, 0.29) is 5.75 Å². The minimum atomic E-state index is 0.275. The molecule has 0 amide bonds. The lowest BCUT2D eigenvalue weighted by molar-refractivity contribution is 0.475. The third kappa shape index (κ3) is 4.15. The van der Waals surface area contributed by atoms with Gasteiger partial charge in [-0.3, -0.25) is 0 Å². The van der Waals surface area contributed by atoms with Crippen molar-refractivity contribution in [3.8, 4) is 5.75 Å². The molecule has 0 radical (unpaired) electrons. The summed E-state index contributed by atoms with van der Waals surface area (Å²) >= 11 is 0. The molecule has 3 heteroatoms. The number of benzene rings is 3. The van der Waals surface area contributed by atoms with E-state index in [0.717, 1.165) is 17.1 Å². The van der Waals surface area contributed by atoms with Gasteiger partial charge < -0.3 is 15.7 Å². The summed E-state index contributed by atoms with van der Waals surface area (Å²) in [5.74, 6) is 0.275. The van der Waals surface area contributed by atoms with E-state index in [0.29, 0.717) is 0 Å². The molecule has 124 valence electrons. The number of nitrogens with zero attached hydrogens (tertiary/aromatic N) is 1. The van der Waals surface area contributed by atoms with E-state index in [1.165, 1.54) is 18.2 Å². The molecule has 3 rings (SSSR count). The van der Waals surface area contributed by atoms with Gasteiger partial charge in [0.25, 0.3) is 0 Å². The maximum Gasteiger partial charge on any atom is 0.115 e. The number of aromatic hydroxyl groups is 1. The predicted octanol–water partition coefficient (Wildman–Crippen LogP) is 5.05. The number of rotatable bonds is 3. The topological polar surface area (TPSA) is 49.5 Å². The van der Waals surface area contributed by atoms with E-state index in [1.54, 1.807) is 12.1 Å². The molecule has 3 N–H and O–H groups in total. The van der Waals surface area contributed by atoms with Crippen molar-refractivity contribution in [2.75, 3.05) is 11.9 Å². The number of hydrogen-bond acceptors (Lipinski definition) is 3. The summed E-state index contributed by atoms with van der Waals surface area (Å²) in [5.41, 5.74) is 10.2. The number of aryl methyl sites for hydroxylation is 2. The lowest BCUT2D eigenvalue weighted by Gasteiger charge is -2.26. The van der Waals surface area contributed by atoms with Crippen molar-refractivity contribution in [1.82, 2.24) is 0 Å². The van der Waals surface area contributed by atoms with Crippen LogP contribution in [0.1, 0.15) is 11.1 Å². The Morgan fingerprint density at radius 1 is 0.667 bits per heavy atom. The van der Waals surface area contributed by atoms with Crippen LogP contribution in [0.5, 0.6) is 5.75 Å². The zero-order valence-electron chi connectivity index (χ0n) is 14.4. The van der Waals surface area contributed by atoms with Crippen LogP contribution in [0.2, 0.25) is 0 Å². The van der Waals surface area contributed by atoms with Crippen molar-refractivity contribution >= 4 is 17.1 Å². The minimum Gasteiger partial charge on any atom is -0.508 e. The van der Waals surface area contributed by atoms with Crippen LogP contribution in [0.3, 0.4) is 0 Å². The predicted molar refractivity (Wildman–Crippen MR) is 102 cm³/mol. The van der Waals surface area contributed by atoms with Crippen molar-refractivity contribution < 1.29 is 5.11 Å². The zero-order chi connectivity index (χ0) is 17.5. The fraction of sp³-hybridized carbons (Fsp3) is 0.143. The van der Waals surface area contributed by atoms with Gasteiger partial charge in [-0.05, 0) is 75.0 Å². The first-order valence-electron chi connectivity index (χ1n) is 7.94. The molecule has 24 heavy (non-hydrogen) atoms. The second-order valence-corrected chi connectivity index (χ2v) is 5.53. The average Bonchev–Trinajstić information content (AvgIpc) is 2.60. The Bertz CT molecular complexity index is 719. The molecular weight excluding hydrogens is 296 g/mol. The van der Waals surface area contributed by atoms with E-state index < -0.39 is 0 Å². The molecule has 0 aliphatic heterocycles. The quantitative estimate of drug-likeness (QED) is 0.709. The van der Waals surface area contributed by atoms with E-state index >= 15 is 0 Å². The lowest BCUT2D eigenvalue weighted by Crippen LogP contribution is -2.09. The van der Waals surface area contributed by atoms with Crippen LogP contribution >= 0.6 is 0 Å². The Balaban J connectivity index is 0.00000100. The summed E-state index contributed by atoms with van der Waals surface area (Å²) in [7, 11) is 1.50. The van der Waals surface area contributed by atoms with Crippen LogP contribution in [0, 0.1) is 13.8 Å². The molecule has 0 saturated heterocycles. The van der Waals surface area contributed by atoms with Gasteiger partial charge in [0.1, 0.15) is 5.75 Å². The first-order chi connectivity index (χ1) is 11.6. The molecule has 0 aromatic heterocycles. The smallest absolute Gasteiger partial charge is 0.115 e.